The molecule has 0 spiro atoms. The SMILES string of the molecule is CCCCN(CC)Cc1cc(C(=O)Cl)oc1C. The molecule has 1 aromatic heterocycles. The molecule has 0 radical (unpaired) electrons. The number of halogens is 1. The number of carbonyl (C=O) groups is 1. The van der Waals surface area contributed by atoms with Crippen molar-refractivity contribution in [2.24, 2.45) is 0 Å². The van der Waals surface area contributed by atoms with E-state index in [0.717, 1.165) is 31.0 Å². The number of carbonyl (C=O) groups excluding carboxylic acids is 1. The molecule has 0 unspecified atom stereocenters. The molecule has 1 heterocycles. The van der Waals surface area contributed by atoms with Gasteiger partial charge in [-0.1, -0.05) is 20.3 Å². The predicted molar refractivity (Wildman–Crippen MR) is 69.5 cm³/mol. The van der Waals surface area contributed by atoms with Crippen LogP contribution in [-0.2, 0) is 6.54 Å². The van der Waals surface area contributed by atoms with E-state index in [0.29, 0.717) is 0 Å². The van der Waals surface area contributed by atoms with Gasteiger partial charge in [0.15, 0.2) is 5.76 Å². The van der Waals surface area contributed by atoms with Gasteiger partial charge < -0.3 is 4.42 Å². The molecule has 0 aliphatic rings. The molecule has 96 valence electrons. The van der Waals surface area contributed by atoms with Crippen LogP contribution in [0.1, 0.15) is 48.6 Å². The van der Waals surface area contributed by atoms with Gasteiger partial charge in [-0.2, -0.15) is 0 Å². The van der Waals surface area contributed by atoms with E-state index in [4.69, 9.17) is 16.0 Å². The minimum Gasteiger partial charge on any atom is -0.457 e. The monoisotopic (exact) mass is 257 g/mol. The molecule has 1 rings (SSSR count). The highest BCUT2D eigenvalue weighted by atomic mass is 35.5. The summed E-state index contributed by atoms with van der Waals surface area (Å²) in [6.45, 7) is 9.07. The Balaban J connectivity index is 2.68. The maximum Gasteiger partial charge on any atom is 0.287 e. The van der Waals surface area contributed by atoms with Crippen LogP contribution in [0.3, 0.4) is 0 Å². The van der Waals surface area contributed by atoms with Crippen LogP contribution in [-0.4, -0.2) is 23.2 Å². The van der Waals surface area contributed by atoms with Crippen LogP contribution >= 0.6 is 11.6 Å². The molecule has 17 heavy (non-hydrogen) atoms. The van der Waals surface area contributed by atoms with Crippen molar-refractivity contribution in [2.45, 2.75) is 40.2 Å². The van der Waals surface area contributed by atoms with Crippen molar-refractivity contribution in [3.05, 3.63) is 23.2 Å². The van der Waals surface area contributed by atoms with Crippen molar-refractivity contribution in [3.63, 3.8) is 0 Å². The molecule has 1 aromatic rings. The van der Waals surface area contributed by atoms with Gasteiger partial charge in [0, 0.05) is 12.1 Å². The molecule has 0 N–H and O–H groups in total. The fourth-order valence-corrected chi connectivity index (χ4v) is 1.84. The van der Waals surface area contributed by atoms with Crippen molar-refractivity contribution in [3.8, 4) is 0 Å². The van der Waals surface area contributed by atoms with Crippen LogP contribution in [0.2, 0.25) is 0 Å². The maximum absolute atomic E-state index is 11.0. The summed E-state index contributed by atoms with van der Waals surface area (Å²) in [5.41, 5.74) is 1.05. The molecule has 0 saturated heterocycles. The summed E-state index contributed by atoms with van der Waals surface area (Å²) in [6.07, 6.45) is 2.37. The summed E-state index contributed by atoms with van der Waals surface area (Å²) in [5, 5.41) is -0.532. The van der Waals surface area contributed by atoms with Gasteiger partial charge in [-0.3, -0.25) is 9.69 Å². The topological polar surface area (TPSA) is 33.5 Å². The molecule has 0 aliphatic carbocycles. The lowest BCUT2D eigenvalue weighted by molar-refractivity contribution is 0.105. The van der Waals surface area contributed by atoms with Crippen molar-refractivity contribution >= 4 is 16.8 Å². The Labute approximate surface area is 108 Å². The lowest BCUT2D eigenvalue weighted by atomic mass is 10.2. The first-order valence-electron chi connectivity index (χ1n) is 6.10. The third-order valence-electron chi connectivity index (χ3n) is 2.88. The number of hydrogen-bond acceptors (Lipinski definition) is 3. The Morgan fingerprint density at radius 3 is 2.65 bits per heavy atom. The van der Waals surface area contributed by atoms with Crippen LogP contribution in [0.25, 0.3) is 0 Å². The Bertz CT molecular complexity index is 373. The summed E-state index contributed by atoms with van der Waals surface area (Å²) in [4.78, 5) is 13.3. The average Bonchev–Trinajstić information content (AvgIpc) is 2.66. The normalized spacial score (nSPS) is 11.1. The maximum atomic E-state index is 11.0. The minimum absolute atomic E-state index is 0.241. The highest BCUT2D eigenvalue weighted by Crippen LogP contribution is 2.18. The van der Waals surface area contributed by atoms with Gasteiger partial charge in [0.1, 0.15) is 5.76 Å². The minimum atomic E-state index is -0.532. The van der Waals surface area contributed by atoms with E-state index in [9.17, 15) is 4.79 Å². The van der Waals surface area contributed by atoms with Crippen LogP contribution in [0.4, 0.5) is 0 Å². The van der Waals surface area contributed by atoms with Gasteiger partial charge in [-0.15, -0.1) is 0 Å². The zero-order valence-corrected chi connectivity index (χ0v) is 11.5. The fraction of sp³-hybridized carbons (Fsp3) is 0.615. The second kappa shape index (κ2) is 6.82. The summed E-state index contributed by atoms with van der Waals surface area (Å²) in [7, 11) is 0. The summed E-state index contributed by atoms with van der Waals surface area (Å²) >= 11 is 5.40. The van der Waals surface area contributed by atoms with Crippen molar-refractivity contribution in [2.75, 3.05) is 13.1 Å². The molecular formula is C13H20ClNO2. The number of furan rings is 1. The number of rotatable bonds is 7. The van der Waals surface area contributed by atoms with Gasteiger partial charge in [-0.05, 0) is 44.1 Å². The molecule has 0 amide bonds. The third-order valence-corrected chi connectivity index (χ3v) is 3.07. The molecular weight excluding hydrogens is 238 g/mol. The van der Waals surface area contributed by atoms with E-state index in [1.807, 2.05) is 6.92 Å². The lowest BCUT2D eigenvalue weighted by Crippen LogP contribution is -2.24. The van der Waals surface area contributed by atoms with E-state index in [-0.39, 0.29) is 5.76 Å². The molecule has 0 bridgehead atoms. The van der Waals surface area contributed by atoms with E-state index in [1.54, 1.807) is 6.07 Å². The molecule has 0 aliphatic heterocycles. The smallest absolute Gasteiger partial charge is 0.287 e. The summed E-state index contributed by atoms with van der Waals surface area (Å²) in [5.74, 6) is 1.02. The fourth-order valence-electron chi connectivity index (χ4n) is 1.75. The molecule has 0 aromatic carbocycles. The average molecular weight is 258 g/mol. The number of nitrogens with zero attached hydrogens (tertiary/aromatic N) is 1. The van der Waals surface area contributed by atoms with Gasteiger partial charge >= 0.3 is 0 Å². The first-order chi connectivity index (χ1) is 8.08. The van der Waals surface area contributed by atoms with Gasteiger partial charge in [0.2, 0.25) is 0 Å². The van der Waals surface area contributed by atoms with E-state index in [2.05, 4.69) is 18.7 Å². The zero-order chi connectivity index (χ0) is 12.8. The molecule has 3 nitrogen and oxygen atoms in total. The molecule has 4 heteroatoms. The van der Waals surface area contributed by atoms with E-state index in [1.165, 1.54) is 12.8 Å². The number of aryl methyl sites for hydroxylation is 1. The van der Waals surface area contributed by atoms with Crippen LogP contribution in [0.15, 0.2) is 10.5 Å². The Morgan fingerprint density at radius 1 is 1.47 bits per heavy atom. The van der Waals surface area contributed by atoms with Crippen LogP contribution in [0.5, 0.6) is 0 Å². The van der Waals surface area contributed by atoms with Crippen LogP contribution < -0.4 is 0 Å². The highest BCUT2D eigenvalue weighted by Gasteiger charge is 2.14. The van der Waals surface area contributed by atoms with Gasteiger partial charge in [0.25, 0.3) is 5.24 Å². The Kier molecular flexibility index (Phi) is 5.72. The molecule has 0 fully saturated rings. The van der Waals surface area contributed by atoms with Crippen molar-refractivity contribution < 1.29 is 9.21 Å². The second-order valence-corrected chi connectivity index (χ2v) is 4.53. The summed E-state index contributed by atoms with van der Waals surface area (Å²) in [6, 6.07) is 1.75. The quantitative estimate of drug-likeness (QED) is 0.700. The first-order valence-corrected chi connectivity index (χ1v) is 6.47. The van der Waals surface area contributed by atoms with Crippen LogP contribution in [0, 0.1) is 6.92 Å². The van der Waals surface area contributed by atoms with Crippen molar-refractivity contribution in [1.29, 1.82) is 0 Å². The second-order valence-electron chi connectivity index (χ2n) is 4.19. The van der Waals surface area contributed by atoms with E-state index >= 15 is 0 Å². The molecule has 0 atom stereocenters. The Hall–Kier alpha value is -0.800. The first kappa shape index (κ1) is 14.3. The van der Waals surface area contributed by atoms with Gasteiger partial charge in [-0.25, -0.2) is 0 Å². The van der Waals surface area contributed by atoms with Crippen molar-refractivity contribution in [1.82, 2.24) is 4.90 Å². The number of unbranched alkanes of at least 4 members (excludes halogenated alkanes) is 1. The number of hydrogen-bond donors (Lipinski definition) is 0. The zero-order valence-electron chi connectivity index (χ0n) is 10.8. The summed E-state index contributed by atoms with van der Waals surface area (Å²) < 4.78 is 5.32. The Morgan fingerprint density at radius 2 is 2.18 bits per heavy atom. The van der Waals surface area contributed by atoms with E-state index < -0.39 is 5.24 Å². The molecule has 0 saturated carbocycles. The predicted octanol–water partition coefficient (Wildman–Crippen LogP) is 3.59. The standard InChI is InChI=1S/C13H20ClNO2/c1-4-6-7-15(5-2)9-11-8-12(13(14)16)17-10(11)3/h8H,4-7,9H2,1-3H3. The third kappa shape index (κ3) is 4.17. The highest BCUT2D eigenvalue weighted by molar-refractivity contribution is 6.67. The largest absolute Gasteiger partial charge is 0.457 e. The lowest BCUT2D eigenvalue weighted by Gasteiger charge is -2.19. The van der Waals surface area contributed by atoms with Gasteiger partial charge in [0.05, 0.1) is 0 Å².